The molecule has 0 aromatic rings. The molecule has 0 spiro atoms. The maximum absolute atomic E-state index is 10.3. The molecule has 0 atom stereocenters. The van der Waals surface area contributed by atoms with Crippen LogP contribution in [0.15, 0.2) is 12.7 Å². The number of rotatable bonds is 7. The van der Waals surface area contributed by atoms with Gasteiger partial charge >= 0.3 is 0 Å². The highest BCUT2D eigenvalue weighted by molar-refractivity contribution is 8.18. The van der Waals surface area contributed by atoms with Crippen molar-refractivity contribution in [2.45, 2.75) is 42.6 Å². The van der Waals surface area contributed by atoms with Crippen LogP contribution >= 0.6 is 23.5 Å². The van der Waals surface area contributed by atoms with Crippen LogP contribution in [0, 0.1) is 0 Å². The Balaban J connectivity index is 2.41. The fourth-order valence-corrected chi connectivity index (χ4v) is 5.25. The summed E-state index contributed by atoms with van der Waals surface area (Å²) in [4.78, 5) is 10.3. The molecule has 0 amide bonds. The standard InChI is InChI=1S/C12H20OS2/c1-2-3-7-12(8-4-5-9-13)14-10-6-11-15-12/h2,9H,1,3-8,10-11H2. The molecule has 0 aliphatic carbocycles. The zero-order valence-corrected chi connectivity index (χ0v) is 10.9. The molecule has 0 radical (unpaired) electrons. The fraction of sp³-hybridized carbons (Fsp3) is 0.750. The molecule has 0 unspecified atom stereocenters. The summed E-state index contributed by atoms with van der Waals surface area (Å²) in [6.45, 7) is 3.80. The predicted octanol–water partition coefficient (Wildman–Crippen LogP) is 3.89. The molecular formula is C12H20OS2. The predicted molar refractivity (Wildman–Crippen MR) is 71.6 cm³/mol. The molecule has 0 bridgehead atoms. The van der Waals surface area contributed by atoms with Crippen LogP contribution in [-0.2, 0) is 4.79 Å². The summed E-state index contributed by atoms with van der Waals surface area (Å²) in [5, 5.41) is 0. The van der Waals surface area contributed by atoms with Gasteiger partial charge in [-0.2, -0.15) is 0 Å². The Morgan fingerprint density at radius 3 is 2.53 bits per heavy atom. The second-order valence-corrected chi connectivity index (χ2v) is 7.06. The van der Waals surface area contributed by atoms with Crippen LogP contribution in [-0.4, -0.2) is 21.9 Å². The third-order valence-electron chi connectivity index (χ3n) is 2.63. The zero-order chi connectivity index (χ0) is 11.0. The summed E-state index contributed by atoms with van der Waals surface area (Å²) in [7, 11) is 0. The van der Waals surface area contributed by atoms with E-state index in [2.05, 4.69) is 30.1 Å². The average Bonchev–Trinajstić information content (AvgIpc) is 2.28. The summed E-state index contributed by atoms with van der Waals surface area (Å²) in [6, 6.07) is 0. The molecule has 15 heavy (non-hydrogen) atoms. The van der Waals surface area contributed by atoms with Gasteiger partial charge in [-0.05, 0) is 43.6 Å². The number of carbonyl (C=O) groups is 1. The van der Waals surface area contributed by atoms with Gasteiger partial charge in [-0.3, -0.25) is 0 Å². The van der Waals surface area contributed by atoms with E-state index in [1.54, 1.807) is 0 Å². The summed E-state index contributed by atoms with van der Waals surface area (Å²) in [5.74, 6) is 2.57. The van der Waals surface area contributed by atoms with E-state index in [1.807, 2.05) is 6.08 Å². The van der Waals surface area contributed by atoms with Crippen LogP contribution in [0.3, 0.4) is 0 Å². The molecule has 0 aromatic carbocycles. The average molecular weight is 244 g/mol. The molecular weight excluding hydrogens is 224 g/mol. The first kappa shape index (κ1) is 13.2. The van der Waals surface area contributed by atoms with E-state index in [9.17, 15) is 4.79 Å². The largest absolute Gasteiger partial charge is 0.303 e. The molecule has 3 heteroatoms. The van der Waals surface area contributed by atoms with Crippen LogP contribution in [0.4, 0.5) is 0 Å². The molecule has 0 saturated carbocycles. The smallest absolute Gasteiger partial charge is 0.119 e. The molecule has 1 nitrogen and oxygen atoms in total. The summed E-state index contributed by atoms with van der Waals surface area (Å²) < 4.78 is 0.384. The third kappa shape index (κ3) is 4.64. The van der Waals surface area contributed by atoms with E-state index in [1.165, 1.54) is 30.8 Å². The molecule has 0 aromatic heterocycles. The maximum atomic E-state index is 10.3. The van der Waals surface area contributed by atoms with Crippen molar-refractivity contribution in [1.29, 1.82) is 0 Å². The highest BCUT2D eigenvalue weighted by atomic mass is 32.2. The van der Waals surface area contributed by atoms with Gasteiger partial charge in [-0.15, -0.1) is 30.1 Å². The van der Waals surface area contributed by atoms with Crippen LogP contribution in [0.25, 0.3) is 0 Å². The minimum absolute atomic E-state index is 0.384. The number of hydrogen-bond donors (Lipinski definition) is 0. The van der Waals surface area contributed by atoms with Crippen molar-refractivity contribution in [2.24, 2.45) is 0 Å². The molecule has 1 fully saturated rings. The Morgan fingerprint density at radius 2 is 1.93 bits per heavy atom. The first-order chi connectivity index (χ1) is 7.33. The van der Waals surface area contributed by atoms with Gasteiger partial charge < -0.3 is 4.79 Å². The van der Waals surface area contributed by atoms with Crippen LogP contribution < -0.4 is 0 Å². The summed E-state index contributed by atoms with van der Waals surface area (Å²) >= 11 is 4.20. The quantitative estimate of drug-likeness (QED) is 0.384. The van der Waals surface area contributed by atoms with Gasteiger partial charge in [-0.25, -0.2) is 0 Å². The molecule has 1 aliphatic rings. The lowest BCUT2D eigenvalue weighted by Crippen LogP contribution is -2.25. The monoisotopic (exact) mass is 244 g/mol. The lowest BCUT2D eigenvalue weighted by Gasteiger charge is -2.36. The number of carbonyl (C=O) groups excluding carboxylic acids is 1. The molecule has 1 saturated heterocycles. The minimum Gasteiger partial charge on any atom is -0.303 e. The van der Waals surface area contributed by atoms with E-state index in [4.69, 9.17) is 0 Å². The Kier molecular flexibility index (Phi) is 6.50. The number of allylic oxidation sites excluding steroid dienone is 1. The van der Waals surface area contributed by atoms with Crippen molar-refractivity contribution >= 4 is 29.8 Å². The van der Waals surface area contributed by atoms with Crippen molar-refractivity contribution in [3.8, 4) is 0 Å². The van der Waals surface area contributed by atoms with Crippen molar-refractivity contribution in [3.63, 3.8) is 0 Å². The lowest BCUT2D eigenvalue weighted by atomic mass is 10.1. The topological polar surface area (TPSA) is 17.1 Å². The first-order valence-electron chi connectivity index (χ1n) is 5.65. The first-order valence-corrected chi connectivity index (χ1v) is 7.62. The second kappa shape index (κ2) is 7.39. The Morgan fingerprint density at radius 1 is 1.20 bits per heavy atom. The number of unbranched alkanes of at least 4 members (excludes halogenated alkanes) is 1. The van der Waals surface area contributed by atoms with Gasteiger partial charge in [0, 0.05) is 6.42 Å². The van der Waals surface area contributed by atoms with Crippen LogP contribution in [0.2, 0.25) is 0 Å². The van der Waals surface area contributed by atoms with E-state index in [0.29, 0.717) is 4.08 Å². The molecule has 0 N–H and O–H groups in total. The lowest BCUT2D eigenvalue weighted by molar-refractivity contribution is -0.107. The Bertz CT molecular complexity index is 198. The fourth-order valence-electron chi connectivity index (χ4n) is 1.81. The highest BCUT2D eigenvalue weighted by Gasteiger charge is 2.32. The van der Waals surface area contributed by atoms with E-state index in [0.717, 1.165) is 25.5 Å². The van der Waals surface area contributed by atoms with E-state index >= 15 is 0 Å². The minimum atomic E-state index is 0.384. The van der Waals surface area contributed by atoms with Gasteiger partial charge in [0.05, 0.1) is 4.08 Å². The van der Waals surface area contributed by atoms with Crippen molar-refractivity contribution in [3.05, 3.63) is 12.7 Å². The van der Waals surface area contributed by atoms with Gasteiger partial charge in [0.2, 0.25) is 0 Å². The van der Waals surface area contributed by atoms with Gasteiger partial charge in [0.25, 0.3) is 0 Å². The van der Waals surface area contributed by atoms with Crippen LogP contribution in [0.1, 0.15) is 38.5 Å². The molecule has 1 aliphatic heterocycles. The highest BCUT2D eigenvalue weighted by Crippen LogP contribution is 2.48. The van der Waals surface area contributed by atoms with Gasteiger partial charge in [0.15, 0.2) is 0 Å². The Labute approximate surface area is 101 Å². The second-order valence-electron chi connectivity index (χ2n) is 3.85. The third-order valence-corrected chi connectivity index (χ3v) is 6.19. The Hall–Kier alpha value is 0.110. The van der Waals surface area contributed by atoms with Crippen molar-refractivity contribution in [1.82, 2.24) is 0 Å². The summed E-state index contributed by atoms with van der Waals surface area (Å²) in [6.07, 6.45) is 9.63. The van der Waals surface area contributed by atoms with E-state index in [-0.39, 0.29) is 0 Å². The van der Waals surface area contributed by atoms with Crippen molar-refractivity contribution in [2.75, 3.05) is 11.5 Å². The number of thioether (sulfide) groups is 2. The normalized spacial score (nSPS) is 19.7. The molecule has 86 valence electrons. The molecule has 1 heterocycles. The zero-order valence-electron chi connectivity index (χ0n) is 9.24. The summed E-state index contributed by atoms with van der Waals surface area (Å²) in [5.41, 5.74) is 0. The number of aldehydes is 1. The maximum Gasteiger partial charge on any atom is 0.119 e. The molecule has 1 rings (SSSR count). The number of hydrogen-bond acceptors (Lipinski definition) is 3. The van der Waals surface area contributed by atoms with Crippen molar-refractivity contribution < 1.29 is 4.79 Å². The van der Waals surface area contributed by atoms with Gasteiger partial charge in [-0.1, -0.05) is 6.08 Å². The van der Waals surface area contributed by atoms with E-state index < -0.39 is 0 Å². The van der Waals surface area contributed by atoms with Crippen LogP contribution in [0.5, 0.6) is 0 Å². The van der Waals surface area contributed by atoms with Gasteiger partial charge in [0.1, 0.15) is 6.29 Å². The SMILES string of the molecule is C=CCCC1(CCCC=O)SCCCS1.